The van der Waals surface area contributed by atoms with E-state index in [1.54, 1.807) is 0 Å². The summed E-state index contributed by atoms with van der Waals surface area (Å²) in [7, 11) is 1.01. The number of esters is 1. The molecule has 1 heterocycles. The largest absolute Gasteiger partial charge is 0.466 e. The number of methoxy groups -OCH3 is 1. The van der Waals surface area contributed by atoms with Gasteiger partial charge in [-0.25, -0.2) is 4.79 Å². The van der Waals surface area contributed by atoms with Crippen LogP contribution in [0.15, 0.2) is 42.5 Å². The van der Waals surface area contributed by atoms with Crippen LogP contribution in [0.1, 0.15) is 45.5 Å². The van der Waals surface area contributed by atoms with Crippen molar-refractivity contribution in [1.29, 1.82) is 0 Å². The van der Waals surface area contributed by atoms with Gasteiger partial charge in [0.1, 0.15) is 0 Å². The van der Waals surface area contributed by atoms with Crippen LogP contribution in [0.4, 0.5) is 0 Å². The Balaban J connectivity index is 2.22. The highest BCUT2D eigenvalue weighted by Crippen LogP contribution is 2.41. The highest BCUT2D eigenvalue weighted by molar-refractivity contribution is 6.47. The SMILES string of the molecule is COC(=O)/C=C/CC(B1OC(C)(C)C(C)(C)O1)c1ccccc1. The molecule has 0 aromatic heterocycles. The van der Waals surface area contributed by atoms with Crippen molar-refractivity contribution in [3.8, 4) is 0 Å². The monoisotopic (exact) mass is 316 g/mol. The number of benzene rings is 1. The topological polar surface area (TPSA) is 44.8 Å². The first-order valence-electron chi connectivity index (χ1n) is 7.92. The molecule has 1 aromatic rings. The zero-order chi connectivity index (χ0) is 17.1. The Morgan fingerprint density at radius 3 is 2.26 bits per heavy atom. The first-order valence-corrected chi connectivity index (χ1v) is 7.92. The lowest BCUT2D eigenvalue weighted by atomic mass is 9.66. The molecule has 1 atom stereocenters. The molecule has 1 unspecified atom stereocenters. The number of ether oxygens (including phenoxy) is 1. The fraction of sp³-hybridized carbons (Fsp3) is 0.500. The fourth-order valence-corrected chi connectivity index (χ4v) is 2.54. The van der Waals surface area contributed by atoms with E-state index < -0.39 is 0 Å². The van der Waals surface area contributed by atoms with Crippen LogP contribution in [0.25, 0.3) is 0 Å². The quantitative estimate of drug-likeness (QED) is 0.474. The molecule has 0 radical (unpaired) electrons. The summed E-state index contributed by atoms with van der Waals surface area (Å²) in [4.78, 5) is 11.3. The van der Waals surface area contributed by atoms with Crippen LogP contribution in [-0.2, 0) is 18.8 Å². The fourth-order valence-electron chi connectivity index (χ4n) is 2.54. The summed E-state index contributed by atoms with van der Waals surface area (Å²) in [5.41, 5.74) is 0.369. The first-order chi connectivity index (χ1) is 10.8. The molecule has 0 N–H and O–H groups in total. The van der Waals surface area contributed by atoms with Crippen molar-refractivity contribution in [2.24, 2.45) is 0 Å². The second-order valence-electron chi connectivity index (χ2n) is 6.80. The summed E-state index contributed by atoms with van der Waals surface area (Å²) in [6.07, 6.45) is 3.89. The Bertz CT molecular complexity index is 550. The zero-order valence-electron chi connectivity index (χ0n) is 14.5. The van der Waals surface area contributed by atoms with E-state index in [0.29, 0.717) is 6.42 Å². The average molecular weight is 316 g/mol. The molecule has 0 aliphatic carbocycles. The number of hydrogen-bond donors (Lipinski definition) is 0. The van der Waals surface area contributed by atoms with Gasteiger partial charge in [-0.15, -0.1) is 0 Å². The van der Waals surface area contributed by atoms with E-state index in [9.17, 15) is 4.79 Å². The molecule has 0 amide bonds. The van der Waals surface area contributed by atoms with Crippen LogP contribution in [0.2, 0.25) is 0 Å². The predicted octanol–water partition coefficient (Wildman–Crippen LogP) is 3.52. The first kappa shape index (κ1) is 17.8. The molecule has 0 saturated carbocycles. The van der Waals surface area contributed by atoms with Crippen LogP contribution in [0, 0.1) is 0 Å². The number of hydrogen-bond acceptors (Lipinski definition) is 4. The lowest BCUT2D eigenvalue weighted by Gasteiger charge is -2.32. The molecule has 1 fully saturated rings. The molecule has 1 aliphatic rings. The average Bonchev–Trinajstić information content (AvgIpc) is 2.72. The maximum Gasteiger partial charge on any atom is 0.466 e. The van der Waals surface area contributed by atoms with Gasteiger partial charge in [-0.1, -0.05) is 36.4 Å². The number of rotatable bonds is 5. The Morgan fingerprint density at radius 2 is 1.74 bits per heavy atom. The molecule has 2 rings (SSSR count). The van der Waals surface area contributed by atoms with Gasteiger partial charge in [0, 0.05) is 11.9 Å². The Morgan fingerprint density at radius 1 is 1.17 bits per heavy atom. The summed E-state index contributed by atoms with van der Waals surface area (Å²) >= 11 is 0. The van der Waals surface area contributed by atoms with E-state index in [1.165, 1.54) is 13.2 Å². The molecule has 23 heavy (non-hydrogen) atoms. The van der Waals surface area contributed by atoms with Crippen molar-refractivity contribution in [3.05, 3.63) is 48.0 Å². The molecule has 4 nitrogen and oxygen atoms in total. The molecule has 124 valence electrons. The second-order valence-corrected chi connectivity index (χ2v) is 6.80. The minimum Gasteiger partial charge on any atom is -0.466 e. The lowest BCUT2D eigenvalue weighted by Crippen LogP contribution is -2.41. The van der Waals surface area contributed by atoms with E-state index in [4.69, 9.17) is 9.31 Å². The van der Waals surface area contributed by atoms with E-state index in [1.807, 2.05) is 52.0 Å². The normalized spacial score (nSPS) is 20.7. The Labute approximate surface area is 139 Å². The third-order valence-electron chi connectivity index (χ3n) is 4.67. The van der Waals surface area contributed by atoms with Crippen LogP contribution >= 0.6 is 0 Å². The van der Waals surface area contributed by atoms with Crippen molar-refractivity contribution in [2.75, 3.05) is 7.11 Å². The van der Waals surface area contributed by atoms with Gasteiger partial charge < -0.3 is 14.0 Å². The summed E-state index contributed by atoms with van der Waals surface area (Å²) in [5, 5.41) is 0. The van der Waals surface area contributed by atoms with Gasteiger partial charge in [0.2, 0.25) is 0 Å². The van der Waals surface area contributed by atoms with E-state index in [0.717, 1.165) is 5.56 Å². The van der Waals surface area contributed by atoms with Crippen LogP contribution in [-0.4, -0.2) is 31.4 Å². The van der Waals surface area contributed by atoms with Crippen molar-refractivity contribution in [2.45, 2.75) is 51.1 Å². The highest BCUT2D eigenvalue weighted by Gasteiger charge is 2.53. The van der Waals surface area contributed by atoms with E-state index in [-0.39, 0.29) is 30.1 Å². The van der Waals surface area contributed by atoms with Crippen molar-refractivity contribution in [1.82, 2.24) is 0 Å². The summed E-state index contributed by atoms with van der Waals surface area (Å²) in [5.74, 6) is -0.344. The molecule has 0 spiro atoms. The van der Waals surface area contributed by atoms with Crippen molar-refractivity contribution < 1.29 is 18.8 Å². The van der Waals surface area contributed by atoms with Gasteiger partial charge in [-0.05, 0) is 39.7 Å². The second kappa shape index (κ2) is 6.89. The molecule has 1 saturated heterocycles. The number of carbonyl (C=O) groups is 1. The standard InChI is InChI=1S/C18H25BO4/c1-17(2)18(3,4)23-19(22-17)15(12-9-13-16(20)21-5)14-10-7-6-8-11-14/h6-11,13,15H,12H2,1-5H3/b13-9+. The molecule has 0 bridgehead atoms. The molecule has 1 aliphatic heterocycles. The molecule has 1 aromatic carbocycles. The number of allylic oxidation sites excluding steroid dienone is 1. The van der Waals surface area contributed by atoms with Gasteiger partial charge in [0.05, 0.1) is 18.3 Å². The van der Waals surface area contributed by atoms with Gasteiger partial charge >= 0.3 is 13.1 Å². The van der Waals surface area contributed by atoms with E-state index in [2.05, 4.69) is 16.9 Å². The minimum absolute atomic E-state index is 0.0122. The van der Waals surface area contributed by atoms with E-state index >= 15 is 0 Å². The predicted molar refractivity (Wildman–Crippen MR) is 91.0 cm³/mol. The van der Waals surface area contributed by atoms with Crippen LogP contribution in [0.3, 0.4) is 0 Å². The van der Waals surface area contributed by atoms with Gasteiger partial charge in [-0.3, -0.25) is 0 Å². The Kier molecular flexibility index (Phi) is 5.32. The Hall–Kier alpha value is -1.59. The summed E-state index contributed by atoms with van der Waals surface area (Å²) in [6, 6.07) is 10.1. The molecule has 5 heteroatoms. The van der Waals surface area contributed by atoms with Crippen LogP contribution < -0.4 is 0 Å². The highest BCUT2D eigenvalue weighted by atomic mass is 16.7. The van der Waals surface area contributed by atoms with Crippen LogP contribution in [0.5, 0.6) is 0 Å². The number of carbonyl (C=O) groups excluding carboxylic acids is 1. The third-order valence-corrected chi connectivity index (χ3v) is 4.67. The van der Waals surface area contributed by atoms with Crippen molar-refractivity contribution in [3.63, 3.8) is 0 Å². The molecular weight excluding hydrogens is 291 g/mol. The smallest absolute Gasteiger partial charge is 0.466 e. The van der Waals surface area contributed by atoms with Gasteiger partial charge in [-0.2, -0.15) is 0 Å². The molecular formula is C18H25BO4. The summed E-state index contributed by atoms with van der Waals surface area (Å²) in [6.45, 7) is 8.16. The third kappa shape index (κ3) is 4.04. The van der Waals surface area contributed by atoms with Gasteiger partial charge in [0.15, 0.2) is 0 Å². The summed E-state index contributed by atoms with van der Waals surface area (Å²) < 4.78 is 17.0. The maximum absolute atomic E-state index is 11.3. The van der Waals surface area contributed by atoms with Gasteiger partial charge in [0.25, 0.3) is 0 Å². The maximum atomic E-state index is 11.3. The van der Waals surface area contributed by atoms with Crippen molar-refractivity contribution >= 4 is 13.1 Å². The zero-order valence-corrected chi connectivity index (χ0v) is 14.5. The minimum atomic E-state index is -0.378. The lowest BCUT2D eigenvalue weighted by molar-refractivity contribution is -0.134.